The summed E-state index contributed by atoms with van der Waals surface area (Å²) in [5, 5.41) is 11.8. The summed E-state index contributed by atoms with van der Waals surface area (Å²) in [6, 6.07) is 0. The molecule has 2 heterocycles. The molecule has 4 nitrogen and oxygen atoms in total. The third-order valence-corrected chi connectivity index (χ3v) is 4.28. The summed E-state index contributed by atoms with van der Waals surface area (Å²) < 4.78 is 1.96. The molecule has 0 aromatic carbocycles. The van der Waals surface area contributed by atoms with Crippen molar-refractivity contribution in [3.63, 3.8) is 0 Å². The second-order valence-electron chi connectivity index (χ2n) is 4.45. The molecular formula is C13H19ClN4S. The molecule has 0 spiro atoms. The van der Waals surface area contributed by atoms with Gasteiger partial charge in [0.1, 0.15) is 0 Å². The van der Waals surface area contributed by atoms with Gasteiger partial charge in [-0.25, -0.2) is 4.98 Å². The Morgan fingerprint density at radius 2 is 2.21 bits per heavy atom. The van der Waals surface area contributed by atoms with Crippen molar-refractivity contribution in [1.29, 1.82) is 0 Å². The molecule has 0 aliphatic heterocycles. The second-order valence-corrected chi connectivity index (χ2v) is 5.89. The lowest BCUT2D eigenvalue weighted by Gasteiger charge is -2.06. The molecule has 0 bridgehead atoms. The average molecular weight is 299 g/mol. The van der Waals surface area contributed by atoms with E-state index in [0.717, 1.165) is 53.2 Å². The number of rotatable bonds is 6. The van der Waals surface area contributed by atoms with Gasteiger partial charge in [-0.15, -0.1) is 11.3 Å². The van der Waals surface area contributed by atoms with E-state index in [1.807, 2.05) is 18.5 Å². The molecule has 2 aromatic rings. The monoisotopic (exact) mass is 298 g/mol. The lowest BCUT2D eigenvalue weighted by atomic mass is 10.3. The van der Waals surface area contributed by atoms with Crippen LogP contribution in [0.3, 0.4) is 0 Å². The lowest BCUT2D eigenvalue weighted by molar-refractivity contribution is 0.579. The van der Waals surface area contributed by atoms with E-state index in [-0.39, 0.29) is 0 Å². The Bertz CT molecular complexity index is 547. The van der Waals surface area contributed by atoms with Crippen LogP contribution in [0.25, 0.3) is 0 Å². The molecule has 104 valence electrons. The number of thiazole rings is 1. The van der Waals surface area contributed by atoms with E-state index < -0.39 is 0 Å². The van der Waals surface area contributed by atoms with Crippen molar-refractivity contribution >= 4 is 22.9 Å². The maximum absolute atomic E-state index is 6.26. The zero-order chi connectivity index (χ0) is 13.8. The summed E-state index contributed by atoms with van der Waals surface area (Å²) in [4.78, 5) is 4.45. The highest BCUT2D eigenvalue weighted by Crippen LogP contribution is 2.19. The van der Waals surface area contributed by atoms with Crippen LogP contribution in [0.15, 0.2) is 5.38 Å². The van der Waals surface area contributed by atoms with Crippen LogP contribution in [0.4, 0.5) is 0 Å². The molecule has 0 aliphatic rings. The van der Waals surface area contributed by atoms with Gasteiger partial charge >= 0.3 is 0 Å². The van der Waals surface area contributed by atoms with E-state index in [1.165, 1.54) is 0 Å². The van der Waals surface area contributed by atoms with E-state index in [2.05, 4.69) is 27.7 Å². The molecule has 1 N–H and O–H groups in total. The fraction of sp³-hybridized carbons (Fsp3) is 0.538. The fourth-order valence-corrected chi connectivity index (χ4v) is 2.83. The van der Waals surface area contributed by atoms with Crippen molar-refractivity contribution in [3.05, 3.63) is 32.5 Å². The van der Waals surface area contributed by atoms with E-state index in [4.69, 9.17) is 11.6 Å². The first kappa shape index (κ1) is 14.5. The Morgan fingerprint density at radius 1 is 1.42 bits per heavy atom. The summed E-state index contributed by atoms with van der Waals surface area (Å²) in [6.45, 7) is 8.53. The highest BCUT2D eigenvalue weighted by Gasteiger charge is 2.11. The Hall–Kier alpha value is -0.910. The molecule has 0 amide bonds. The minimum absolute atomic E-state index is 0.747. The summed E-state index contributed by atoms with van der Waals surface area (Å²) in [5.41, 5.74) is 3.12. The van der Waals surface area contributed by atoms with Crippen molar-refractivity contribution in [3.8, 4) is 0 Å². The summed E-state index contributed by atoms with van der Waals surface area (Å²) in [7, 11) is 0. The normalized spacial score (nSPS) is 11.2. The largest absolute Gasteiger partial charge is 0.311 e. The van der Waals surface area contributed by atoms with Crippen LogP contribution in [-0.4, -0.2) is 21.3 Å². The number of hydrogen-bond acceptors (Lipinski definition) is 4. The molecular weight excluding hydrogens is 280 g/mol. The highest BCUT2D eigenvalue weighted by molar-refractivity contribution is 7.09. The third-order valence-electron chi connectivity index (χ3n) is 2.97. The number of aryl methyl sites for hydroxylation is 3. The number of aromatic nitrogens is 3. The predicted octanol–water partition coefficient (Wildman–Crippen LogP) is 2.96. The van der Waals surface area contributed by atoms with Crippen molar-refractivity contribution in [2.24, 2.45) is 0 Å². The summed E-state index contributed by atoms with van der Waals surface area (Å²) >= 11 is 7.95. The molecule has 2 rings (SSSR count). The third kappa shape index (κ3) is 3.55. The van der Waals surface area contributed by atoms with Crippen molar-refractivity contribution in [1.82, 2.24) is 20.1 Å². The van der Waals surface area contributed by atoms with Gasteiger partial charge in [-0.05, 0) is 20.8 Å². The quantitative estimate of drug-likeness (QED) is 0.834. The molecule has 6 heteroatoms. The van der Waals surface area contributed by atoms with Crippen LogP contribution in [0, 0.1) is 13.8 Å². The number of nitrogens with zero attached hydrogens (tertiary/aromatic N) is 3. The topological polar surface area (TPSA) is 42.7 Å². The van der Waals surface area contributed by atoms with E-state index in [9.17, 15) is 0 Å². The molecule has 19 heavy (non-hydrogen) atoms. The van der Waals surface area contributed by atoms with Gasteiger partial charge in [0, 0.05) is 31.4 Å². The Kier molecular flexibility index (Phi) is 4.96. The smallest absolute Gasteiger partial charge is 0.0897 e. The maximum atomic E-state index is 6.26. The van der Waals surface area contributed by atoms with Crippen LogP contribution in [0.5, 0.6) is 0 Å². The maximum Gasteiger partial charge on any atom is 0.0897 e. The second kappa shape index (κ2) is 6.50. The fourth-order valence-electron chi connectivity index (χ4n) is 1.98. The van der Waals surface area contributed by atoms with Crippen molar-refractivity contribution < 1.29 is 0 Å². The van der Waals surface area contributed by atoms with Crippen LogP contribution in [-0.2, 0) is 19.5 Å². The van der Waals surface area contributed by atoms with E-state index in [0.29, 0.717) is 0 Å². The van der Waals surface area contributed by atoms with Gasteiger partial charge in [0.15, 0.2) is 0 Å². The van der Waals surface area contributed by atoms with E-state index >= 15 is 0 Å². The van der Waals surface area contributed by atoms with Gasteiger partial charge < -0.3 is 5.32 Å². The van der Waals surface area contributed by atoms with Gasteiger partial charge in [-0.2, -0.15) is 5.10 Å². The first-order valence-corrected chi connectivity index (χ1v) is 7.71. The van der Waals surface area contributed by atoms with Crippen LogP contribution in [0.1, 0.15) is 29.0 Å². The Labute approximate surface area is 122 Å². The SMILES string of the molecule is CCn1nc(C)c(Cl)c1CNCCc1csc(C)n1. The minimum atomic E-state index is 0.747. The summed E-state index contributed by atoms with van der Waals surface area (Å²) in [6.07, 6.45) is 0.946. The zero-order valence-corrected chi connectivity index (χ0v) is 13.1. The van der Waals surface area contributed by atoms with Crippen LogP contribution in [0.2, 0.25) is 5.02 Å². The molecule has 0 aliphatic carbocycles. The summed E-state index contributed by atoms with van der Waals surface area (Å²) in [5.74, 6) is 0. The van der Waals surface area contributed by atoms with Gasteiger partial charge in [0.05, 0.1) is 27.1 Å². The van der Waals surface area contributed by atoms with Gasteiger partial charge in [-0.1, -0.05) is 11.6 Å². The molecule has 0 saturated heterocycles. The Balaban J connectivity index is 1.85. The number of nitrogens with one attached hydrogen (secondary N) is 1. The zero-order valence-electron chi connectivity index (χ0n) is 11.5. The number of halogens is 1. The van der Waals surface area contributed by atoms with E-state index in [1.54, 1.807) is 11.3 Å². The standard InChI is InChI=1S/C13H19ClN4S/c1-4-18-12(13(14)9(2)17-18)7-15-6-5-11-8-19-10(3)16-11/h8,15H,4-7H2,1-3H3. The molecule has 0 fully saturated rings. The first-order chi connectivity index (χ1) is 9.11. The average Bonchev–Trinajstić information content (AvgIpc) is 2.92. The van der Waals surface area contributed by atoms with Gasteiger partial charge in [-0.3, -0.25) is 4.68 Å². The van der Waals surface area contributed by atoms with Crippen LogP contribution < -0.4 is 5.32 Å². The van der Waals surface area contributed by atoms with Crippen molar-refractivity contribution in [2.45, 2.75) is 40.3 Å². The molecule has 0 atom stereocenters. The predicted molar refractivity (Wildman–Crippen MR) is 79.9 cm³/mol. The number of hydrogen-bond donors (Lipinski definition) is 1. The molecule has 0 radical (unpaired) electrons. The van der Waals surface area contributed by atoms with Gasteiger partial charge in [0.2, 0.25) is 0 Å². The Morgan fingerprint density at radius 3 is 2.84 bits per heavy atom. The first-order valence-electron chi connectivity index (χ1n) is 6.45. The highest BCUT2D eigenvalue weighted by atomic mass is 35.5. The van der Waals surface area contributed by atoms with Gasteiger partial charge in [0.25, 0.3) is 0 Å². The molecule has 0 saturated carbocycles. The molecule has 2 aromatic heterocycles. The van der Waals surface area contributed by atoms with Crippen molar-refractivity contribution in [2.75, 3.05) is 6.54 Å². The lowest BCUT2D eigenvalue weighted by Crippen LogP contribution is -2.19. The van der Waals surface area contributed by atoms with Crippen LogP contribution >= 0.6 is 22.9 Å². The molecule has 0 unspecified atom stereocenters. The minimum Gasteiger partial charge on any atom is -0.311 e.